The Morgan fingerprint density at radius 2 is 2.07 bits per heavy atom. The summed E-state index contributed by atoms with van der Waals surface area (Å²) in [5.41, 5.74) is 0. The van der Waals surface area contributed by atoms with Crippen LogP contribution in [0.5, 0.6) is 0 Å². The molecule has 2 nitrogen and oxygen atoms in total. The standard InChI is InChI=1S/C12H25NOS/c1-4-5-11(2)13-10-12(15-3)6-8-14-9-7-12/h11,13H,4-10H2,1-3H3. The van der Waals surface area contributed by atoms with Gasteiger partial charge in [0.25, 0.3) is 0 Å². The summed E-state index contributed by atoms with van der Waals surface area (Å²) in [6, 6.07) is 0.655. The van der Waals surface area contributed by atoms with Gasteiger partial charge in [-0.05, 0) is 32.4 Å². The van der Waals surface area contributed by atoms with E-state index >= 15 is 0 Å². The Morgan fingerprint density at radius 3 is 2.60 bits per heavy atom. The molecule has 0 aromatic rings. The van der Waals surface area contributed by atoms with Crippen LogP contribution in [0.3, 0.4) is 0 Å². The second-order valence-electron chi connectivity index (χ2n) is 4.57. The molecule has 0 aromatic heterocycles. The Kier molecular flexibility index (Phi) is 6.02. The molecule has 0 aliphatic carbocycles. The lowest BCUT2D eigenvalue weighted by Gasteiger charge is -2.36. The van der Waals surface area contributed by atoms with Gasteiger partial charge in [0.05, 0.1) is 0 Å². The third-order valence-electron chi connectivity index (χ3n) is 3.33. The molecule has 3 heteroatoms. The minimum atomic E-state index is 0.431. The van der Waals surface area contributed by atoms with Crippen molar-refractivity contribution in [1.29, 1.82) is 0 Å². The van der Waals surface area contributed by atoms with Crippen LogP contribution in [0.1, 0.15) is 39.5 Å². The van der Waals surface area contributed by atoms with Gasteiger partial charge >= 0.3 is 0 Å². The Bertz CT molecular complexity index is 169. The largest absolute Gasteiger partial charge is 0.381 e. The lowest BCUT2D eigenvalue weighted by Crippen LogP contribution is -2.44. The van der Waals surface area contributed by atoms with Gasteiger partial charge in [0, 0.05) is 30.5 Å². The van der Waals surface area contributed by atoms with E-state index in [9.17, 15) is 0 Å². The molecular weight excluding hydrogens is 206 g/mol. The molecule has 0 saturated carbocycles. The zero-order valence-corrected chi connectivity index (χ0v) is 11.2. The zero-order valence-electron chi connectivity index (χ0n) is 10.3. The average Bonchev–Trinajstić information content (AvgIpc) is 2.28. The Hall–Kier alpha value is 0.270. The normalized spacial score (nSPS) is 22.6. The van der Waals surface area contributed by atoms with Gasteiger partial charge in [-0.2, -0.15) is 11.8 Å². The monoisotopic (exact) mass is 231 g/mol. The molecule has 15 heavy (non-hydrogen) atoms. The van der Waals surface area contributed by atoms with Crippen LogP contribution in [0.4, 0.5) is 0 Å². The highest BCUT2D eigenvalue weighted by molar-refractivity contribution is 8.00. The predicted molar refractivity (Wildman–Crippen MR) is 68.7 cm³/mol. The Morgan fingerprint density at radius 1 is 1.40 bits per heavy atom. The van der Waals surface area contributed by atoms with Crippen LogP contribution in [0, 0.1) is 0 Å². The molecule has 0 bridgehead atoms. The number of hydrogen-bond acceptors (Lipinski definition) is 3. The smallest absolute Gasteiger partial charge is 0.0479 e. The highest BCUT2D eigenvalue weighted by Crippen LogP contribution is 2.33. The summed E-state index contributed by atoms with van der Waals surface area (Å²) in [5.74, 6) is 0. The van der Waals surface area contributed by atoms with Crippen molar-refractivity contribution in [3.8, 4) is 0 Å². The van der Waals surface area contributed by atoms with Crippen LogP contribution in [-0.4, -0.2) is 36.8 Å². The first-order valence-corrected chi connectivity index (χ1v) is 7.31. The van der Waals surface area contributed by atoms with Crippen LogP contribution in [-0.2, 0) is 4.74 Å². The quantitative estimate of drug-likeness (QED) is 0.759. The van der Waals surface area contributed by atoms with Gasteiger partial charge in [-0.25, -0.2) is 0 Å². The SMILES string of the molecule is CCCC(C)NCC1(SC)CCOCC1. The minimum absolute atomic E-state index is 0.431. The van der Waals surface area contributed by atoms with Crippen molar-refractivity contribution < 1.29 is 4.74 Å². The molecule has 1 N–H and O–H groups in total. The van der Waals surface area contributed by atoms with Crippen molar-refractivity contribution in [2.24, 2.45) is 0 Å². The first-order chi connectivity index (χ1) is 7.22. The average molecular weight is 231 g/mol. The maximum absolute atomic E-state index is 5.44. The van der Waals surface area contributed by atoms with Crippen LogP contribution < -0.4 is 5.32 Å². The van der Waals surface area contributed by atoms with Crippen LogP contribution in [0.15, 0.2) is 0 Å². The van der Waals surface area contributed by atoms with Crippen molar-refractivity contribution in [1.82, 2.24) is 5.32 Å². The zero-order chi connectivity index (χ0) is 11.1. The molecule has 0 amide bonds. The molecule has 1 aliphatic rings. The van der Waals surface area contributed by atoms with E-state index in [1.54, 1.807) is 0 Å². The molecule has 1 aliphatic heterocycles. The van der Waals surface area contributed by atoms with Crippen LogP contribution >= 0.6 is 11.8 Å². The fourth-order valence-corrected chi connectivity index (χ4v) is 2.89. The molecular formula is C12H25NOS. The van der Waals surface area contributed by atoms with E-state index in [4.69, 9.17) is 4.74 Å². The molecule has 1 fully saturated rings. The Balaban J connectivity index is 2.32. The maximum Gasteiger partial charge on any atom is 0.0479 e. The molecule has 0 spiro atoms. The van der Waals surface area contributed by atoms with E-state index in [0.717, 1.165) is 19.8 Å². The molecule has 1 unspecified atom stereocenters. The number of rotatable bonds is 6. The summed E-state index contributed by atoms with van der Waals surface area (Å²) in [6.07, 6.45) is 7.17. The van der Waals surface area contributed by atoms with Gasteiger partial charge in [0.2, 0.25) is 0 Å². The van der Waals surface area contributed by atoms with E-state index in [1.165, 1.54) is 25.7 Å². The summed E-state index contributed by atoms with van der Waals surface area (Å²) in [5, 5.41) is 3.67. The third-order valence-corrected chi connectivity index (χ3v) is 4.75. The van der Waals surface area contributed by atoms with Crippen molar-refractivity contribution in [3.63, 3.8) is 0 Å². The van der Waals surface area contributed by atoms with Gasteiger partial charge < -0.3 is 10.1 Å². The van der Waals surface area contributed by atoms with Crippen molar-refractivity contribution >= 4 is 11.8 Å². The van der Waals surface area contributed by atoms with E-state index in [-0.39, 0.29) is 0 Å². The molecule has 0 radical (unpaired) electrons. The molecule has 1 heterocycles. The number of thioether (sulfide) groups is 1. The van der Waals surface area contributed by atoms with Gasteiger partial charge in [0.1, 0.15) is 0 Å². The molecule has 0 aromatic carbocycles. The lowest BCUT2D eigenvalue weighted by atomic mass is 9.98. The van der Waals surface area contributed by atoms with Gasteiger partial charge in [-0.1, -0.05) is 13.3 Å². The topological polar surface area (TPSA) is 21.3 Å². The predicted octanol–water partition coefficient (Wildman–Crippen LogP) is 2.68. The van der Waals surface area contributed by atoms with Crippen LogP contribution in [0.25, 0.3) is 0 Å². The highest BCUT2D eigenvalue weighted by Gasteiger charge is 2.31. The summed E-state index contributed by atoms with van der Waals surface area (Å²) in [6.45, 7) is 7.54. The summed E-state index contributed by atoms with van der Waals surface area (Å²) in [7, 11) is 0. The van der Waals surface area contributed by atoms with Crippen molar-refractivity contribution in [2.45, 2.75) is 50.3 Å². The first kappa shape index (κ1) is 13.3. The van der Waals surface area contributed by atoms with Crippen LogP contribution in [0.2, 0.25) is 0 Å². The Labute approximate surface area is 98.5 Å². The summed E-state index contributed by atoms with van der Waals surface area (Å²) < 4.78 is 5.87. The fraction of sp³-hybridized carbons (Fsp3) is 1.00. The van der Waals surface area contributed by atoms with E-state index in [1.807, 2.05) is 11.8 Å². The second-order valence-corrected chi connectivity index (χ2v) is 5.84. The molecule has 1 atom stereocenters. The fourth-order valence-electron chi connectivity index (χ4n) is 2.09. The van der Waals surface area contributed by atoms with Gasteiger partial charge in [-0.15, -0.1) is 0 Å². The van der Waals surface area contributed by atoms with Gasteiger partial charge in [-0.3, -0.25) is 0 Å². The summed E-state index contributed by atoms with van der Waals surface area (Å²) in [4.78, 5) is 0. The molecule has 90 valence electrons. The van der Waals surface area contributed by atoms with E-state index in [0.29, 0.717) is 10.8 Å². The maximum atomic E-state index is 5.44. The van der Waals surface area contributed by atoms with E-state index in [2.05, 4.69) is 25.4 Å². The highest BCUT2D eigenvalue weighted by atomic mass is 32.2. The minimum Gasteiger partial charge on any atom is -0.381 e. The lowest BCUT2D eigenvalue weighted by molar-refractivity contribution is 0.0766. The van der Waals surface area contributed by atoms with Crippen molar-refractivity contribution in [2.75, 3.05) is 26.0 Å². The first-order valence-electron chi connectivity index (χ1n) is 6.09. The number of ether oxygens (including phenoxy) is 1. The number of nitrogens with one attached hydrogen (secondary N) is 1. The molecule has 1 rings (SSSR count). The molecule has 1 saturated heterocycles. The van der Waals surface area contributed by atoms with Crippen molar-refractivity contribution in [3.05, 3.63) is 0 Å². The number of hydrogen-bond donors (Lipinski definition) is 1. The third kappa shape index (κ3) is 4.33. The van der Waals surface area contributed by atoms with E-state index < -0.39 is 0 Å². The van der Waals surface area contributed by atoms with Gasteiger partial charge in [0.15, 0.2) is 0 Å². The second kappa shape index (κ2) is 6.77. The summed E-state index contributed by atoms with van der Waals surface area (Å²) >= 11 is 2.01.